The zero-order chi connectivity index (χ0) is 30.6. The Morgan fingerprint density at radius 2 is 1.79 bits per heavy atom. The van der Waals surface area contributed by atoms with Crippen molar-refractivity contribution in [3.63, 3.8) is 0 Å². The van der Waals surface area contributed by atoms with E-state index >= 15 is 0 Å². The van der Waals surface area contributed by atoms with Gasteiger partial charge in [0.25, 0.3) is 0 Å². The lowest BCUT2D eigenvalue weighted by molar-refractivity contribution is -0.136. The highest BCUT2D eigenvalue weighted by atomic mass is 19.1. The molecule has 2 aliphatic rings. The van der Waals surface area contributed by atoms with Gasteiger partial charge in [0.1, 0.15) is 17.4 Å². The van der Waals surface area contributed by atoms with Crippen molar-refractivity contribution < 1.29 is 28.5 Å². The maximum atomic E-state index is 14.7. The van der Waals surface area contributed by atoms with Crippen LogP contribution in [0.3, 0.4) is 0 Å². The first-order valence-electron chi connectivity index (χ1n) is 15.8. The molecule has 1 aromatic carbocycles. The smallest absolute Gasteiger partial charge is 0.227 e. The summed E-state index contributed by atoms with van der Waals surface area (Å²) in [6.45, 7) is 6.80. The average molecular weight is 604 g/mol. The first-order chi connectivity index (χ1) is 20.9. The number of nitrogens with one attached hydrogen (secondary N) is 1. The van der Waals surface area contributed by atoms with E-state index in [1.807, 2.05) is 12.4 Å². The number of aryl methyl sites for hydroxylation is 1. The van der Waals surface area contributed by atoms with E-state index in [-0.39, 0.29) is 30.2 Å². The molecule has 0 saturated carbocycles. The van der Waals surface area contributed by atoms with Gasteiger partial charge in [0, 0.05) is 68.7 Å². The number of carbonyl (C=O) groups excluding carboxylic acids is 1. The second-order valence-corrected chi connectivity index (χ2v) is 11.9. The molecule has 1 amide bonds. The van der Waals surface area contributed by atoms with E-state index < -0.39 is 17.7 Å². The number of nitrogens with zero attached hydrogens (tertiary/aromatic N) is 4. The Hall–Kier alpha value is -2.89. The molecule has 1 aromatic heterocycles. The molecule has 0 spiro atoms. The summed E-state index contributed by atoms with van der Waals surface area (Å²) >= 11 is 0. The summed E-state index contributed by atoms with van der Waals surface area (Å²) in [6.07, 6.45) is 9.95. The molecule has 1 atom stereocenters. The Morgan fingerprint density at radius 1 is 1.09 bits per heavy atom. The van der Waals surface area contributed by atoms with Gasteiger partial charge in [-0.15, -0.1) is 0 Å². The fraction of sp³-hybridized carbons (Fsp3) is 0.656. The molecule has 4 rings (SSSR count). The minimum absolute atomic E-state index is 0.148. The molecule has 3 N–H and O–H groups in total. The van der Waals surface area contributed by atoms with E-state index in [1.54, 1.807) is 4.90 Å². The predicted octanol–water partition coefficient (Wildman–Crippen LogP) is 3.51. The van der Waals surface area contributed by atoms with Gasteiger partial charge < -0.3 is 30.1 Å². The highest BCUT2D eigenvalue weighted by Crippen LogP contribution is 2.26. The predicted molar refractivity (Wildman–Crippen MR) is 161 cm³/mol. The molecule has 2 fully saturated rings. The first kappa shape index (κ1) is 33.0. The molecule has 2 saturated heterocycles. The third kappa shape index (κ3) is 10.1. The molecule has 0 radical (unpaired) electrons. The lowest BCUT2D eigenvalue weighted by atomic mass is 9.92. The second kappa shape index (κ2) is 16.8. The Labute approximate surface area is 253 Å². The van der Waals surface area contributed by atoms with Crippen molar-refractivity contribution in [1.82, 2.24) is 20.2 Å². The number of ether oxygens (including phenoxy) is 1. The monoisotopic (exact) mass is 603 g/mol. The molecule has 0 bridgehead atoms. The summed E-state index contributed by atoms with van der Waals surface area (Å²) in [5.74, 6) is 0.0366. The van der Waals surface area contributed by atoms with Crippen LogP contribution in [-0.2, 0) is 17.6 Å². The SMILES string of the molecule is CCc1cnc(N2CCC(CCCOc3cc(F)c(CC(=O)N4CC(CNCCCC[C@H](O)CO)C4)c(F)c3)CC2)nc1. The number of hydrogen-bond acceptors (Lipinski definition) is 8. The number of unbranched alkanes of at least 4 members (excludes halogenated alkanes) is 1. The number of halogens is 2. The topological polar surface area (TPSA) is 111 Å². The van der Waals surface area contributed by atoms with E-state index in [4.69, 9.17) is 9.84 Å². The van der Waals surface area contributed by atoms with Crippen LogP contribution in [0.5, 0.6) is 5.75 Å². The third-order valence-electron chi connectivity index (χ3n) is 8.56. The quantitative estimate of drug-likeness (QED) is 0.236. The molecule has 0 aliphatic carbocycles. The standard InChI is InChI=1S/C32H47F2N5O4/c1-2-23-18-36-32(37-19-23)38-11-8-24(9-12-38)6-5-13-43-27-14-29(33)28(30(34)15-27)16-31(42)39-20-25(21-39)17-35-10-4-3-7-26(41)22-40/h14-15,18-19,24-26,35,40-41H,2-13,16-17,20-22H2,1H3/t26-/m0/s1. The zero-order valence-corrected chi connectivity index (χ0v) is 25.3. The van der Waals surface area contributed by atoms with E-state index in [1.165, 1.54) is 12.1 Å². The Morgan fingerprint density at radius 3 is 2.44 bits per heavy atom. The number of rotatable bonds is 17. The van der Waals surface area contributed by atoms with Crippen LogP contribution in [0.1, 0.15) is 63.0 Å². The Bertz CT molecular complexity index is 1120. The van der Waals surface area contributed by atoms with Gasteiger partial charge in [-0.25, -0.2) is 18.7 Å². The molecule has 2 aliphatic heterocycles. The highest BCUT2D eigenvalue weighted by Gasteiger charge is 2.31. The lowest BCUT2D eigenvalue weighted by Crippen LogP contribution is -2.53. The maximum Gasteiger partial charge on any atom is 0.227 e. The number of hydrogen-bond donors (Lipinski definition) is 3. The number of aromatic nitrogens is 2. The normalized spacial score (nSPS) is 16.8. The number of carbonyl (C=O) groups is 1. The first-order valence-corrected chi connectivity index (χ1v) is 15.8. The van der Waals surface area contributed by atoms with Gasteiger partial charge >= 0.3 is 0 Å². The van der Waals surface area contributed by atoms with Gasteiger partial charge in [-0.3, -0.25) is 4.79 Å². The second-order valence-electron chi connectivity index (χ2n) is 11.9. The Kier molecular flexibility index (Phi) is 12.9. The molecule has 9 nitrogen and oxygen atoms in total. The zero-order valence-electron chi connectivity index (χ0n) is 25.3. The fourth-order valence-corrected chi connectivity index (χ4v) is 5.70. The number of piperidine rings is 1. The largest absolute Gasteiger partial charge is 0.493 e. The number of benzene rings is 1. The number of likely N-dealkylation sites (tertiary alicyclic amines) is 1. The van der Waals surface area contributed by atoms with Crippen molar-refractivity contribution in [2.75, 3.05) is 57.4 Å². The molecule has 11 heteroatoms. The van der Waals surface area contributed by atoms with Gasteiger partial charge in [0.15, 0.2) is 0 Å². The summed E-state index contributed by atoms with van der Waals surface area (Å²) in [7, 11) is 0. The van der Waals surface area contributed by atoms with Crippen LogP contribution >= 0.6 is 0 Å². The highest BCUT2D eigenvalue weighted by molar-refractivity contribution is 5.79. The molecular weight excluding hydrogens is 556 g/mol. The van der Waals surface area contributed by atoms with Crippen LogP contribution in [0.15, 0.2) is 24.5 Å². The molecule has 0 unspecified atom stereocenters. The fourth-order valence-electron chi connectivity index (χ4n) is 5.70. The third-order valence-corrected chi connectivity index (χ3v) is 8.56. The van der Waals surface area contributed by atoms with Gasteiger partial charge in [-0.05, 0) is 69.4 Å². The maximum absolute atomic E-state index is 14.7. The van der Waals surface area contributed by atoms with Crippen molar-refractivity contribution in [3.05, 3.63) is 47.3 Å². The molecule has 43 heavy (non-hydrogen) atoms. The van der Waals surface area contributed by atoms with E-state index in [2.05, 4.69) is 27.1 Å². The summed E-state index contributed by atoms with van der Waals surface area (Å²) in [5, 5.41) is 21.5. The van der Waals surface area contributed by atoms with Gasteiger partial charge in [0.05, 0.1) is 25.7 Å². The van der Waals surface area contributed by atoms with Crippen molar-refractivity contribution in [1.29, 1.82) is 0 Å². The van der Waals surface area contributed by atoms with Gasteiger partial charge in [-0.2, -0.15) is 0 Å². The number of aliphatic hydroxyl groups is 2. The Balaban J connectivity index is 1.09. The molecule has 3 heterocycles. The van der Waals surface area contributed by atoms with Crippen LogP contribution in [0.4, 0.5) is 14.7 Å². The van der Waals surface area contributed by atoms with Gasteiger partial charge in [0.2, 0.25) is 11.9 Å². The summed E-state index contributed by atoms with van der Waals surface area (Å²) in [4.78, 5) is 25.4. The van der Waals surface area contributed by atoms with Crippen LogP contribution in [0.25, 0.3) is 0 Å². The van der Waals surface area contributed by atoms with E-state index in [9.17, 15) is 18.7 Å². The van der Waals surface area contributed by atoms with Crippen LogP contribution in [0.2, 0.25) is 0 Å². The average Bonchev–Trinajstić information content (AvgIpc) is 2.99. The number of amides is 1. The molecule has 2 aromatic rings. The minimum Gasteiger partial charge on any atom is -0.493 e. The van der Waals surface area contributed by atoms with Crippen LogP contribution < -0.4 is 15.0 Å². The van der Waals surface area contributed by atoms with Crippen molar-refractivity contribution >= 4 is 11.9 Å². The molecular formula is C32H47F2N5O4. The van der Waals surface area contributed by atoms with Crippen molar-refractivity contribution in [3.8, 4) is 5.75 Å². The number of aliphatic hydroxyl groups excluding tert-OH is 2. The van der Waals surface area contributed by atoms with Crippen molar-refractivity contribution in [2.45, 2.75) is 70.8 Å². The van der Waals surface area contributed by atoms with E-state index in [0.29, 0.717) is 38.0 Å². The summed E-state index contributed by atoms with van der Waals surface area (Å²) in [5.41, 5.74) is 0.914. The number of anilines is 1. The van der Waals surface area contributed by atoms with Gasteiger partial charge in [-0.1, -0.05) is 6.92 Å². The lowest BCUT2D eigenvalue weighted by Gasteiger charge is -2.39. The van der Waals surface area contributed by atoms with E-state index in [0.717, 1.165) is 82.6 Å². The van der Waals surface area contributed by atoms with Crippen LogP contribution in [0, 0.1) is 23.5 Å². The summed E-state index contributed by atoms with van der Waals surface area (Å²) in [6, 6.07) is 2.35. The molecule has 238 valence electrons. The summed E-state index contributed by atoms with van der Waals surface area (Å²) < 4.78 is 35.2. The van der Waals surface area contributed by atoms with Crippen molar-refractivity contribution in [2.24, 2.45) is 11.8 Å². The minimum atomic E-state index is -0.755. The van der Waals surface area contributed by atoms with Crippen LogP contribution in [-0.4, -0.2) is 89.6 Å².